The molecule has 1 heterocycles. The van der Waals surface area contributed by atoms with E-state index in [2.05, 4.69) is 77.4 Å². The van der Waals surface area contributed by atoms with Crippen LogP contribution in [0.15, 0.2) is 72.8 Å². The van der Waals surface area contributed by atoms with Crippen molar-refractivity contribution in [2.45, 2.75) is 13.5 Å². The molecule has 0 amide bonds. The fraction of sp³-hybridized carbons (Fsp3) is 0.280. The van der Waals surface area contributed by atoms with Crippen molar-refractivity contribution in [2.75, 3.05) is 38.2 Å². The van der Waals surface area contributed by atoms with Crippen molar-refractivity contribution >= 4 is 5.69 Å². The lowest BCUT2D eigenvalue weighted by molar-refractivity contribution is 0.249. The summed E-state index contributed by atoms with van der Waals surface area (Å²) in [5.41, 5.74) is 6.54. The van der Waals surface area contributed by atoms with Crippen molar-refractivity contribution in [2.24, 2.45) is 0 Å². The topological polar surface area (TPSA) is 15.7 Å². The lowest BCUT2D eigenvalue weighted by Gasteiger charge is -2.36. The highest BCUT2D eigenvalue weighted by atomic mass is 16.5. The van der Waals surface area contributed by atoms with E-state index in [0.29, 0.717) is 0 Å². The van der Waals surface area contributed by atoms with Crippen LogP contribution in [0.25, 0.3) is 11.1 Å². The average molecular weight is 373 g/mol. The third kappa shape index (κ3) is 4.05. The van der Waals surface area contributed by atoms with Crippen molar-refractivity contribution in [1.29, 1.82) is 0 Å². The molecule has 0 saturated carbocycles. The number of methoxy groups -OCH3 is 1. The summed E-state index contributed by atoms with van der Waals surface area (Å²) in [5, 5.41) is 0. The first-order valence-electron chi connectivity index (χ1n) is 10.00. The number of aryl methyl sites for hydroxylation is 1. The summed E-state index contributed by atoms with van der Waals surface area (Å²) in [4.78, 5) is 4.97. The van der Waals surface area contributed by atoms with Gasteiger partial charge in [0.1, 0.15) is 5.75 Å². The predicted molar refractivity (Wildman–Crippen MR) is 117 cm³/mol. The number of para-hydroxylation sites is 2. The second-order valence-corrected chi connectivity index (χ2v) is 7.45. The van der Waals surface area contributed by atoms with Gasteiger partial charge in [-0.3, -0.25) is 4.90 Å². The van der Waals surface area contributed by atoms with E-state index >= 15 is 0 Å². The van der Waals surface area contributed by atoms with Crippen LogP contribution in [0.1, 0.15) is 11.1 Å². The Kier molecular flexibility index (Phi) is 5.63. The lowest BCUT2D eigenvalue weighted by atomic mass is 9.99. The second kappa shape index (κ2) is 8.49. The molecule has 0 aliphatic carbocycles. The maximum absolute atomic E-state index is 5.53. The minimum atomic E-state index is 0.960. The number of benzene rings is 3. The summed E-state index contributed by atoms with van der Waals surface area (Å²) >= 11 is 0. The fourth-order valence-corrected chi connectivity index (χ4v) is 4.03. The van der Waals surface area contributed by atoms with Crippen LogP contribution >= 0.6 is 0 Å². The predicted octanol–water partition coefficient (Wildman–Crippen LogP) is 4.99. The van der Waals surface area contributed by atoms with Gasteiger partial charge in [-0.2, -0.15) is 0 Å². The maximum Gasteiger partial charge on any atom is 0.142 e. The number of hydrogen-bond acceptors (Lipinski definition) is 3. The van der Waals surface area contributed by atoms with Crippen LogP contribution in [-0.4, -0.2) is 38.2 Å². The Morgan fingerprint density at radius 3 is 2.36 bits per heavy atom. The van der Waals surface area contributed by atoms with E-state index in [4.69, 9.17) is 4.74 Å². The van der Waals surface area contributed by atoms with Crippen LogP contribution in [0.5, 0.6) is 5.75 Å². The Morgan fingerprint density at radius 2 is 1.57 bits per heavy atom. The molecule has 3 heteroatoms. The maximum atomic E-state index is 5.53. The molecule has 4 rings (SSSR count). The monoisotopic (exact) mass is 372 g/mol. The SMILES string of the molecule is COc1ccccc1N1CCN(Cc2cccc(-c3ccccc3C)c2)CC1. The smallest absolute Gasteiger partial charge is 0.142 e. The molecule has 1 saturated heterocycles. The summed E-state index contributed by atoms with van der Waals surface area (Å²) in [7, 11) is 1.75. The first kappa shape index (κ1) is 18.6. The van der Waals surface area contributed by atoms with Crippen molar-refractivity contribution in [3.63, 3.8) is 0 Å². The largest absolute Gasteiger partial charge is 0.495 e. The molecule has 0 bridgehead atoms. The summed E-state index contributed by atoms with van der Waals surface area (Å²) in [6.07, 6.45) is 0. The first-order chi connectivity index (χ1) is 13.7. The van der Waals surface area contributed by atoms with Gasteiger partial charge in [0.15, 0.2) is 0 Å². The standard InChI is InChI=1S/C25H28N2O/c1-20-8-3-4-11-23(20)22-10-7-9-21(18-22)19-26-14-16-27(17-15-26)24-12-5-6-13-25(24)28-2/h3-13,18H,14-17,19H2,1-2H3. The molecule has 0 spiro atoms. The number of piperazine rings is 1. The summed E-state index contributed by atoms with van der Waals surface area (Å²) in [5.74, 6) is 0.960. The van der Waals surface area contributed by atoms with Crippen LogP contribution in [-0.2, 0) is 6.54 Å². The van der Waals surface area contributed by atoms with Gasteiger partial charge in [-0.1, -0.05) is 54.6 Å². The van der Waals surface area contributed by atoms with E-state index in [9.17, 15) is 0 Å². The van der Waals surface area contributed by atoms with Gasteiger partial charge in [0.05, 0.1) is 12.8 Å². The lowest BCUT2D eigenvalue weighted by Crippen LogP contribution is -2.46. The zero-order chi connectivity index (χ0) is 19.3. The minimum Gasteiger partial charge on any atom is -0.495 e. The number of hydrogen-bond donors (Lipinski definition) is 0. The molecule has 3 aromatic rings. The van der Waals surface area contributed by atoms with Crippen molar-refractivity contribution in [3.8, 4) is 16.9 Å². The molecule has 0 radical (unpaired) electrons. The Bertz CT molecular complexity index is 929. The van der Waals surface area contributed by atoms with Crippen molar-refractivity contribution < 1.29 is 4.74 Å². The van der Waals surface area contributed by atoms with E-state index in [1.54, 1.807) is 7.11 Å². The molecular weight excluding hydrogens is 344 g/mol. The first-order valence-corrected chi connectivity index (χ1v) is 10.00. The Labute approximate surface area is 168 Å². The van der Waals surface area contributed by atoms with Crippen LogP contribution in [0.4, 0.5) is 5.69 Å². The Balaban J connectivity index is 1.42. The van der Waals surface area contributed by atoms with E-state index in [1.807, 2.05) is 12.1 Å². The Hall–Kier alpha value is -2.78. The third-order valence-electron chi connectivity index (χ3n) is 5.59. The van der Waals surface area contributed by atoms with E-state index in [1.165, 1.54) is 27.9 Å². The van der Waals surface area contributed by atoms with Gasteiger partial charge in [-0.25, -0.2) is 0 Å². The minimum absolute atomic E-state index is 0.960. The molecule has 0 atom stereocenters. The zero-order valence-corrected chi connectivity index (χ0v) is 16.8. The van der Waals surface area contributed by atoms with Gasteiger partial charge < -0.3 is 9.64 Å². The molecule has 0 unspecified atom stereocenters. The number of rotatable bonds is 5. The number of anilines is 1. The molecule has 28 heavy (non-hydrogen) atoms. The highest BCUT2D eigenvalue weighted by molar-refractivity contribution is 5.67. The van der Waals surface area contributed by atoms with Crippen molar-refractivity contribution in [3.05, 3.63) is 83.9 Å². The molecule has 1 aliphatic rings. The molecule has 0 N–H and O–H groups in total. The molecule has 0 aromatic heterocycles. The molecule has 1 aliphatic heterocycles. The van der Waals surface area contributed by atoms with E-state index in [-0.39, 0.29) is 0 Å². The van der Waals surface area contributed by atoms with Crippen LogP contribution < -0.4 is 9.64 Å². The molecule has 3 nitrogen and oxygen atoms in total. The molecular formula is C25H28N2O. The van der Waals surface area contributed by atoms with Gasteiger partial charge >= 0.3 is 0 Å². The number of ether oxygens (including phenoxy) is 1. The highest BCUT2D eigenvalue weighted by Crippen LogP contribution is 2.29. The molecule has 144 valence electrons. The third-order valence-corrected chi connectivity index (χ3v) is 5.59. The molecule has 3 aromatic carbocycles. The van der Waals surface area contributed by atoms with E-state index in [0.717, 1.165) is 38.5 Å². The quantitative estimate of drug-likeness (QED) is 0.627. The fourth-order valence-electron chi connectivity index (χ4n) is 4.03. The summed E-state index contributed by atoms with van der Waals surface area (Å²) < 4.78 is 5.53. The van der Waals surface area contributed by atoms with Gasteiger partial charge in [0, 0.05) is 32.7 Å². The van der Waals surface area contributed by atoms with Gasteiger partial charge in [0.25, 0.3) is 0 Å². The summed E-state index contributed by atoms with van der Waals surface area (Å²) in [6.45, 7) is 7.35. The van der Waals surface area contributed by atoms with E-state index < -0.39 is 0 Å². The summed E-state index contributed by atoms with van der Waals surface area (Å²) in [6, 6.07) is 25.9. The van der Waals surface area contributed by atoms with Crippen molar-refractivity contribution in [1.82, 2.24) is 4.90 Å². The zero-order valence-electron chi connectivity index (χ0n) is 16.8. The molecule has 1 fully saturated rings. The average Bonchev–Trinajstić information content (AvgIpc) is 2.75. The van der Waals surface area contributed by atoms with Gasteiger partial charge in [0.2, 0.25) is 0 Å². The van der Waals surface area contributed by atoms with Gasteiger partial charge in [-0.05, 0) is 47.4 Å². The highest BCUT2D eigenvalue weighted by Gasteiger charge is 2.19. The second-order valence-electron chi connectivity index (χ2n) is 7.45. The van der Waals surface area contributed by atoms with Crippen LogP contribution in [0.2, 0.25) is 0 Å². The Morgan fingerprint density at radius 1 is 0.821 bits per heavy atom. The van der Waals surface area contributed by atoms with Gasteiger partial charge in [-0.15, -0.1) is 0 Å². The van der Waals surface area contributed by atoms with Crippen LogP contribution in [0, 0.1) is 6.92 Å². The van der Waals surface area contributed by atoms with Crippen LogP contribution in [0.3, 0.4) is 0 Å². The number of nitrogens with zero attached hydrogens (tertiary/aromatic N) is 2. The normalized spacial score (nSPS) is 14.9.